The van der Waals surface area contributed by atoms with Crippen molar-refractivity contribution in [2.24, 2.45) is 17.6 Å². The van der Waals surface area contributed by atoms with E-state index >= 15 is 0 Å². The van der Waals surface area contributed by atoms with Gasteiger partial charge in [-0.3, -0.25) is 4.79 Å². The van der Waals surface area contributed by atoms with Crippen molar-refractivity contribution in [1.82, 2.24) is 5.32 Å². The van der Waals surface area contributed by atoms with E-state index in [9.17, 15) is 4.79 Å². The minimum atomic E-state index is -0.350. The maximum Gasteiger partial charge on any atom is 0.224 e. The first kappa shape index (κ1) is 19.5. The summed E-state index contributed by atoms with van der Waals surface area (Å²) in [5.41, 5.74) is 5.40. The monoisotopic (exact) mass is 274 g/mol. The molecule has 0 aliphatic rings. The fraction of sp³-hybridized carbons (Fsp3) is 0.643. The molecule has 0 aromatic rings. The number of amides is 1. The summed E-state index contributed by atoms with van der Waals surface area (Å²) >= 11 is 0. The van der Waals surface area contributed by atoms with Crippen LogP contribution in [0, 0.1) is 11.8 Å². The van der Waals surface area contributed by atoms with E-state index in [-0.39, 0.29) is 29.8 Å². The van der Waals surface area contributed by atoms with E-state index in [0.717, 1.165) is 0 Å². The van der Waals surface area contributed by atoms with Crippen LogP contribution >= 0.6 is 12.4 Å². The van der Waals surface area contributed by atoms with Gasteiger partial charge in [-0.25, -0.2) is 0 Å². The van der Waals surface area contributed by atoms with Gasteiger partial charge in [0.2, 0.25) is 5.91 Å². The molecule has 18 heavy (non-hydrogen) atoms. The highest BCUT2D eigenvalue weighted by Crippen LogP contribution is 2.18. The Bertz CT molecular complexity index is 269. The number of halogens is 1. The highest BCUT2D eigenvalue weighted by Gasteiger charge is 2.30. The second-order valence-electron chi connectivity index (χ2n) is 5.01. The summed E-state index contributed by atoms with van der Waals surface area (Å²) in [6, 6.07) is 0. The summed E-state index contributed by atoms with van der Waals surface area (Å²) < 4.78 is 0. The number of carbonyl (C=O) groups excluding carboxylic acids is 1. The lowest BCUT2D eigenvalue weighted by molar-refractivity contribution is -0.127. The second kappa shape index (κ2) is 9.17. The van der Waals surface area contributed by atoms with Gasteiger partial charge in [0.1, 0.15) is 0 Å². The predicted octanol–water partition coefficient (Wildman–Crippen LogP) is 2.67. The summed E-state index contributed by atoms with van der Waals surface area (Å²) in [6.07, 6.45) is 4.86. The zero-order chi connectivity index (χ0) is 13.5. The Kier molecular flexibility index (Phi) is 9.96. The molecule has 0 aromatic carbocycles. The van der Waals surface area contributed by atoms with Gasteiger partial charge in [0.15, 0.2) is 0 Å². The number of allylic oxidation sites excluding steroid dienone is 2. The molecule has 3 N–H and O–H groups in total. The van der Waals surface area contributed by atoms with E-state index in [1.54, 1.807) is 12.2 Å². The molecule has 0 fully saturated rings. The predicted molar refractivity (Wildman–Crippen MR) is 80.8 cm³/mol. The van der Waals surface area contributed by atoms with E-state index < -0.39 is 0 Å². The summed E-state index contributed by atoms with van der Waals surface area (Å²) in [5.74, 6) is 0.241. The van der Waals surface area contributed by atoms with E-state index in [1.165, 1.54) is 0 Å². The first-order valence-corrected chi connectivity index (χ1v) is 6.15. The van der Waals surface area contributed by atoms with Gasteiger partial charge in [0, 0.05) is 12.5 Å². The van der Waals surface area contributed by atoms with Gasteiger partial charge in [0.05, 0.1) is 5.54 Å². The summed E-state index contributed by atoms with van der Waals surface area (Å²) in [5, 5.41) is 3.05. The number of hydrogen-bond acceptors (Lipinski definition) is 2. The Labute approximate surface area is 117 Å². The normalized spacial score (nSPS) is 13.7. The fourth-order valence-corrected chi connectivity index (χ4v) is 1.53. The molecule has 106 valence electrons. The maximum atomic E-state index is 12.1. The Morgan fingerprint density at radius 1 is 1.33 bits per heavy atom. The molecule has 0 aromatic heterocycles. The van der Waals surface area contributed by atoms with Crippen LogP contribution in [0.1, 0.15) is 33.6 Å². The minimum Gasteiger partial charge on any atom is -0.349 e. The third-order valence-electron chi connectivity index (χ3n) is 3.38. The lowest BCUT2D eigenvalue weighted by Crippen LogP contribution is -2.56. The molecule has 0 aliphatic carbocycles. The first-order chi connectivity index (χ1) is 7.91. The van der Waals surface area contributed by atoms with Crippen molar-refractivity contribution < 1.29 is 4.79 Å². The molecule has 0 heterocycles. The Balaban J connectivity index is 0. The van der Waals surface area contributed by atoms with Crippen molar-refractivity contribution in [1.29, 1.82) is 0 Å². The van der Waals surface area contributed by atoms with Gasteiger partial charge in [-0.15, -0.1) is 25.6 Å². The molecule has 0 radical (unpaired) electrons. The largest absolute Gasteiger partial charge is 0.349 e. The standard InChI is InChI=1S/C14H26N2O.ClH/c1-6-8-12(9-7-2)13(17)16-14(5,10-15)11(3)4;/h6-7,11-12H,1-2,8-10,15H2,3-5H3,(H,16,17);1H. The molecule has 1 amide bonds. The molecule has 0 rings (SSSR count). The van der Waals surface area contributed by atoms with Crippen molar-refractivity contribution >= 4 is 18.3 Å². The van der Waals surface area contributed by atoms with Crippen LogP contribution in [-0.2, 0) is 4.79 Å². The highest BCUT2D eigenvalue weighted by atomic mass is 35.5. The molecular formula is C14H27ClN2O. The third-order valence-corrected chi connectivity index (χ3v) is 3.38. The Hall–Kier alpha value is -0.800. The quantitative estimate of drug-likeness (QED) is 0.669. The van der Waals surface area contributed by atoms with Gasteiger partial charge in [-0.05, 0) is 25.7 Å². The molecule has 0 saturated carbocycles. The van der Waals surface area contributed by atoms with Gasteiger partial charge < -0.3 is 11.1 Å². The van der Waals surface area contributed by atoms with E-state index in [0.29, 0.717) is 25.3 Å². The SMILES string of the molecule is C=CCC(CC=C)C(=O)NC(C)(CN)C(C)C.Cl. The lowest BCUT2D eigenvalue weighted by atomic mass is 9.87. The molecule has 0 bridgehead atoms. The Morgan fingerprint density at radius 2 is 1.78 bits per heavy atom. The molecule has 1 unspecified atom stereocenters. The van der Waals surface area contributed by atoms with Crippen LogP contribution in [0.5, 0.6) is 0 Å². The van der Waals surface area contributed by atoms with Crippen molar-refractivity contribution in [2.75, 3.05) is 6.54 Å². The number of carbonyl (C=O) groups is 1. The summed E-state index contributed by atoms with van der Waals surface area (Å²) in [7, 11) is 0. The number of nitrogens with one attached hydrogen (secondary N) is 1. The molecule has 0 spiro atoms. The van der Waals surface area contributed by atoms with Crippen LogP contribution in [0.4, 0.5) is 0 Å². The highest BCUT2D eigenvalue weighted by molar-refractivity contribution is 5.85. The minimum absolute atomic E-state index is 0. The molecular weight excluding hydrogens is 248 g/mol. The fourth-order valence-electron chi connectivity index (χ4n) is 1.53. The molecule has 0 aliphatic heterocycles. The Morgan fingerprint density at radius 3 is 2.06 bits per heavy atom. The molecule has 1 atom stereocenters. The van der Waals surface area contributed by atoms with Crippen molar-refractivity contribution in [3.63, 3.8) is 0 Å². The lowest BCUT2D eigenvalue weighted by Gasteiger charge is -2.34. The third kappa shape index (κ3) is 5.69. The van der Waals surface area contributed by atoms with Crippen molar-refractivity contribution in [3.8, 4) is 0 Å². The van der Waals surface area contributed by atoms with E-state index in [1.807, 2.05) is 6.92 Å². The summed E-state index contributed by atoms with van der Waals surface area (Å²) in [6.45, 7) is 13.9. The number of nitrogens with two attached hydrogens (primary N) is 1. The van der Waals surface area contributed by atoms with E-state index in [2.05, 4.69) is 32.3 Å². The zero-order valence-electron chi connectivity index (χ0n) is 11.7. The van der Waals surface area contributed by atoms with Crippen molar-refractivity contribution in [3.05, 3.63) is 25.3 Å². The van der Waals surface area contributed by atoms with Crippen LogP contribution < -0.4 is 11.1 Å². The maximum absolute atomic E-state index is 12.1. The van der Waals surface area contributed by atoms with Gasteiger partial charge in [0.25, 0.3) is 0 Å². The molecule has 3 nitrogen and oxygen atoms in total. The van der Waals surface area contributed by atoms with Gasteiger partial charge in [-0.1, -0.05) is 26.0 Å². The number of rotatable bonds is 8. The van der Waals surface area contributed by atoms with Crippen LogP contribution in [-0.4, -0.2) is 18.0 Å². The first-order valence-electron chi connectivity index (χ1n) is 6.15. The molecule has 0 saturated heterocycles. The van der Waals surface area contributed by atoms with Crippen molar-refractivity contribution in [2.45, 2.75) is 39.2 Å². The number of hydrogen-bond donors (Lipinski definition) is 2. The van der Waals surface area contributed by atoms with Gasteiger partial charge in [-0.2, -0.15) is 0 Å². The van der Waals surface area contributed by atoms with E-state index in [4.69, 9.17) is 5.73 Å². The van der Waals surface area contributed by atoms with Crippen LogP contribution in [0.3, 0.4) is 0 Å². The molecule has 4 heteroatoms. The second-order valence-corrected chi connectivity index (χ2v) is 5.01. The van der Waals surface area contributed by atoms with Crippen LogP contribution in [0.25, 0.3) is 0 Å². The zero-order valence-corrected chi connectivity index (χ0v) is 12.6. The smallest absolute Gasteiger partial charge is 0.224 e. The summed E-state index contributed by atoms with van der Waals surface area (Å²) in [4.78, 5) is 12.1. The van der Waals surface area contributed by atoms with Gasteiger partial charge >= 0.3 is 0 Å². The van der Waals surface area contributed by atoms with Crippen LogP contribution in [0.15, 0.2) is 25.3 Å². The average Bonchev–Trinajstić information content (AvgIpc) is 2.28. The van der Waals surface area contributed by atoms with Crippen LogP contribution in [0.2, 0.25) is 0 Å². The topological polar surface area (TPSA) is 55.1 Å². The average molecular weight is 275 g/mol.